The van der Waals surface area contributed by atoms with E-state index in [9.17, 15) is 14.4 Å². The largest absolute Gasteiger partial charge is 0.368 e. The van der Waals surface area contributed by atoms with E-state index in [2.05, 4.69) is 10.6 Å². The van der Waals surface area contributed by atoms with E-state index in [4.69, 9.17) is 5.73 Å². The van der Waals surface area contributed by atoms with E-state index < -0.39 is 23.9 Å². The highest BCUT2D eigenvalue weighted by atomic mass is 16.2. The minimum absolute atomic E-state index is 0.0893. The number of nitrogens with two attached hydrogens (primary N) is 1. The Morgan fingerprint density at radius 1 is 0.893 bits per heavy atom. The summed E-state index contributed by atoms with van der Waals surface area (Å²) in [7, 11) is 0. The molecule has 4 N–H and O–H groups in total. The van der Waals surface area contributed by atoms with Crippen molar-refractivity contribution in [1.82, 2.24) is 10.6 Å². The lowest BCUT2D eigenvalue weighted by molar-refractivity contribution is -0.133. The third kappa shape index (κ3) is 6.98. The summed E-state index contributed by atoms with van der Waals surface area (Å²) in [5.41, 5.74) is 6.41. The van der Waals surface area contributed by atoms with Gasteiger partial charge in [-0.15, -0.1) is 0 Å². The molecule has 6 nitrogen and oxygen atoms in total. The van der Waals surface area contributed by atoms with E-state index in [0.717, 1.165) is 12.0 Å². The first-order chi connectivity index (χ1) is 13.2. The summed E-state index contributed by atoms with van der Waals surface area (Å²) in [5, 5.41) is 5.63. The number of carbonyl (C=O) groups is 3. The van der Waals surface area contributed by atoms with Crippen molar-refractivity contribution in [3.63, 3.8) is 0 Å². The predicted octanol–water partition coefficient (Wildman–Crippen LogP) is 2.41. The molecule has 156 valence electrons. The number of nitrogens with one attached hydrogen (secondary N) is 2. The third-order valence-electron chi connectivity index (χ3n) is 5.64. The van der Waals surface area contributed by atoms with Gasteiger partial charge in [-0.25, -0.2) is 0 Å². The van der Waals surface area contributed by atoms with Gasteiger partial charge in [0.25, 0.3) is 0 Å². The lowest BCUT2D eigenvalue weighted by atomic mass is 9.92. The second-order valence-electron chi connectivity index (χ2n) is 7.70. The smallest absolute Gasteiger partial charge is 0.243 e. The Bertz CT molecular complexity index is 648. The SMILES string of the molecule is CC[C@@H](C)[C@H](NC(=O)[C@H](Cc1ccccc1)NC(=O)[C@@H](C)[C@@H](C)CC)C(N)=O. The first kappa shape index (κ1) is 23.7. The van der Waals surface area contributed by atoms with Crippen molar-refractivity contribution >= 4 is 17.7 Å². The van der Waals surface area contributed by atoms with Gasteiger partial charge in [0.15, 0.2) is 0 Å². The summed E-state index contributed by atoms with van der Waals surface area (Å²) in [6.45, 7) is 9.72. The summed E-state index contributed by atoms with van der Waals surface area (Å²) in [6.07, 6.45) is 1.92. The molecule has 1 rings (SSSR count). The van der Waals surface area contributed by atoms with Crippen molar-refractivity contribution in [3.05, 3.63) is 35.9 Å². The minimum atomic E-state index is -0.771. The molecule has 6 heteroatoms. The van der Waals surface area contributed by atoms with Gasteiger partial charge in [-0.3, -0.25) is 14.4 Å². The standard InChI is InChI=1S/C22H35N3O3/c1-6-14(3)16(5)21(27)24-18(13-17-11-9-8-10-12-17)22(28)25-19(20(23)26)15(4)7-2/h8-12,14-16,18-19H,6-7,13H2,1-5H3,(H2,23,26)(H,24,27)(H,25,28)/t14-,15+,16-,18-,19-/m0/s1. The summed E-state index contributed by atoms with van der Waals surface area (Å²) in [6, 6.07) is 7.95. The molecule has 0 heterocycles. The fourth-order valence-electron chi connectivity index (χ4n) is 2.96. The van der Waals surface area contributed by atoms with Gasteiger partial charge in [-0.1, -0.05) is 77.8 Å². The van der Waals surface area contributed by atoms with E-state index in [-0.39, 0.29) is 23.7 Å². The van der Waals surface area contributed by atoms with Gasteiger partial charge in [0.2, 0.25) is 17.7 Å². The zero-order valence-electron chi connectivity index (χ0n) is 17.7. The van der Waals surface area contributed by atoms with Crippen LogP contribution in [0.25, 0.3) is 0 Å². The topological polar surface area (TPSA) is 101 Å². The Balaban J connectivity index is 3.00. The van der Waals surface area contributed by atoms with E-state index in [1.807, 2.05) is 65.0 Å². The van der Waals surface area contributed by atoms with Crippen molar-refractivity contribution in [2.75, 3.05) is 0 Å². The molecule has 1 aromatic carbocycles. The van der Waals surface area contributed by atoms with Crippen LogP contribution in [0, 0.1) is 17.8 Å². The van der Waals surface area contributed by atoms with Crippen LogP contribution in [0.1, 0.15) is 53.0 Å². The zero-order valence-corrected chi connectivity index (χ0v) is 17.7. The number of hydrogen-bond acceptors (Lipinski definition) is 3. The van der Waals surface area contributed by atoms with Crippen molar-refractivity contribution < 1.29 is 14.4 Å². The van der Waals surface area contributed by atoms with Crippen LogP contribution in [-0.4, -0.2) is 29.8 Å². The molecule has 0 saturated carbocycles. The van der Waals surface area contributed by atoms with Crippen LogP contribution in [-0.2, 0) is 20.8 Å². The van der Waals surface area contributed by atoms with Gasteiger partial charge in [0.05, 0.1) is 0 Å². The molecule has 0 fully saturated rings. The lowest BCUT2D eigenvalue weighted by Gasteiger charge is -2.26. The second-order valence-corrected chi connectivity index (χ2v) is 7.70. The first-order valence-electron chi connectivity index (χ1n) is 10.1. The van der Waals surface area contributed by atoms with Crippen LogP contribution in [0.15, 0.2) is 30.3 Å². The second kappa shape index (κ2) is 11.5. The van der Waals surface area contributed by atoms with Gasteiger partial charge >= 0.3 is 0 Å². The van der Waals surface area contributed by atoms with E-state index in [0.29, 0.717) is 12.8 Å². The van der Waals surface area contributed by atoms with Gasteiger partial charge in [0, 0.05) is 12.3 Å². The number of hydrogen-bond donors (Lipinski definition) is 3. The molecule has 0 spiro atoms. The zero-order chi connectivity index (χ0) is 21.3. The third-order valence-corrected chi connectivity index (χ3v) is 5.64. The molecular formula is C22H35N3O3. The summed E-state index contributed by atoms with van der Waals surface area (Å²) in [5.74, 6) is -1.22. The quantitative estimate of drug-likeness (QED) is 0.542. The molecule has 3 amide bonds. The Hall–Kier alpha value is -2.37. The maximum Gasteiger partial charge on any atom is 0.243 e. The molecular weight excluding hydrogens is 354 g/mol. The van der Waals surface area contributed by atoms with Crippen molar-refractivity contribution in [2.24, 2.45) is 23.5 Å². The Labute approximate surface area is 168 Å². The lowest BCUT2D eigenvalue weighted by Crippen LogP contribution is -2.56. The van der Waals surface area contributed by atoms with Crippen LogP contribution in [0.2, 0.25) is 0 Å². The van der Waals surface area contributed by atoms with Crippen molar-refractivity contribution in [3.8, 4) is 0 Å². The van der Waals surface area contributed by atoms with Gasteiger partial charge < -0.3 is 16.4 Å². The number of rotatable bonds is 11. The predicted molar refractivity (Wildman–Crippen MR) is 111 cm³/mol. The maximum absolute atomic E-state index is 12.9. The highest BCUT2D eigenvalue weighted by molar-refractivity contribution is 5.92. The van der Waals surface area contributed by atoms with Crippen molar-refractivity contribution in [2.45, 2.75) is 66.0 Å². The highest BCUT2D eigenvalue weighted by Crippen LogP contribution is 2.15. The van der Waals surface area contributed by atoms with Crippen LogP contribution in [0.4, 0.5) is 0 Å². The fourth-order valence-corrected chi connectivity index (χ4v) is 2.96. The molecule has 0 aromatic heterocycles. The molecule has 0 aliphatic rings. The normalized spacial score (nSPS) is 16.3. The van der Waals surface area contributed by atoms with Crippen LogP contribution >= 0.6 is 0 Å². The van der Waals surface area contributed by atoms with Gasteiger partial charge in [0.1, 0.15) is 12.1 Å². The Morgan fingerprint density at radius 3 is 1.96 bits per heavy atom. The monoisotopic (exact) mass is 389 g/mol. The number of benzene rings is 1. The average Bonchev–Trinajstić information content (AvgIpc) is 2.69. The Morgan fingerprint density at radius 2 is 1.46 bits per heavy atom. The molecule has 0 aliphatic heterocycles. The molecule has 5 atom stereocenters. The van der Waals surface area contributed by atoms with E-state index >= 15 is 0 Å². The number of primary amides is 1. The summed E-state index contributed by atoms with van der Waals surface area (Å²) in [4.78, 5) is 37.4. The van der Waals surface area contributed by atoms with Gasteiger partial charge in [-0.05, 0) is 17.4 Å². The molecule has 0 saturated heterocycles. The Kier molecular flexibility index (Phi) is 9.69. The maximum atomic E-state index is 12.9. The minimum Gasteiger partial charge on any atom is -0.368 e. The summed E-state index contributed by atoms with van der Waals surface area (Å²) >= 11 is 0. The van der Waals surface area contributed by atoms with Crippen LogP contribution in [0.3, 0.4) is 0 Å². The molecule has 0 radical (unpaired) electrons. The molecule has 0 aliphatic carbocycles. The highest BCUT2D eigenvalue weighted by Gasteiger charge is 2.30. The first-order valence-corrected chi connectivity index (χ1v) is 10.1. The average molecular weight is 390 g/mol. The number of amides is 3. The molecule has 28 heavy (non-hydrogen) atoms. The molecule has 1 aromatic rings. The molecule has 0 unspecified atom stereocenters. The van der Waals surface area contributed by atoms with Crippen LogP contribution < -0.4 is 16.4 Å². The van der Waals surface area contributed by atoms with Gasteiger partial charge in [-0.2, -0.15) is 0 Å². The summed E-state index contributed by atoms with van der Waals surface area (Å²) < 4.78 is 0. The van der Waals surface area contributed by atoms with E-state index in [1.165, 1.54) is 0 Å². The van der Waals surface area contributed by atoms with E-state index in [1.54, 1.807) is 0 Å². The number of carbonyl (C=O) groups excluding carboxylic acids is 3. The van der Waals surface area contributed by atoms with Crippen LogP contribution in [0.5, 0.6) is 0 Å². The fraction of sp³-hybridized carbons (Fsp3) is 0.591. The molecule has 0 bridgehead atoms. The van der Waals surface area contributed by atoms with Crippen molar-refractivity contribution in [1.29, 1.82) is 0 Å².